The SMILES string of the molecule is Cc1cc(I)c(N=NN2CCCC2)c(CC(C)O)c1. The summed E-state index contributed by atoms with van der Waals surface area (Å²) >= 11 is 2.29. The number of halogens is 1. The first-order chi connectivity index (χ1) is 9.06. The second kappa shape index (κ2) is 6.65. The van der Waals surface area contributed by atoms with Crippen molar-refractivity contribution in [2.24, 2.45) is 10.3 Å². The Kier molecular flexibility index (Phi) is 5.15. The van der Waals surface area contributed by atoms with Gasteiger partial charge in [0.2, 0.25) is 0 Å². The fourth-order valence-corrected chi connectivity index (χ4v) is 3.24. The minimum Gasteiger partial charge on any atom is -0.393 e. The molecular formula is C14H20IN3O. The molecule has 0 bridgehead atoms. The summed E-state index contributed by atoms with van der Waals surface area (Å²) in [6.45, 7) is 5.86. The highest BCUT2D eigenvalue weighted by atomic mass is 127. The van der Waals surface area contributed by atoms with E-state index in [4.69, 9.17) is 0 Å². The van der Waals surface area contributed by atoms with Crippen LogP contribution in [0.25, 0.3) is 0 Å². The molecule has 19 heavy (non-hydrogen) atoms. The fraction of sp³-hybridized carbons (Fsp3) is 0.571. The molecule has 0 spiro atoms. The van der Waals surface area contributed by atoms with Crippen LogP contribution in [-0.4, -0.2) is 29.3 Å². The summed E-state index contributed by atoms with van der Waals surface area (Å²) in [6.07, 6.45) is 2.65. The number of rotatable bonds is 4. The van der Waals surface area contributed by atoms with E-state index >= 15 is 0 Å². The second-order valence-corrected chi connectivity index (χ2v) is 6.32. The van der Waals surface area contributed by atoms with Crippen molar-refractivity contribution in [3.63, 3.8) is 0 Å². The maximum atomic E-state index is 9.61. The molecule has 5 heteroatoms. The number of benzene rings is 1. The summed E-state index contributed by atoms with van der Waals surface area (Å²) in [5.74, 6) is 0. The highest BCUT2D eigenvalue weighted by Gasteiger charge is 2.12. The predicted octanol–water partition coefficient (Wildman–Crippen LogP) is 3.62. The van der Waals surface area contributed by atoms with Crippen molar-refractivity contribution < 1.29 is 5.11 Å². The predicted molar refractivity (Wildman–Crippen MR) is 84.6 cm³/mol. The summed E-state index contributed by atoms with van der Waals surface area (Å²) in [5.41, 5.74) is 3.17. The molecule has 0 aromatic heterocycles. The minimum atomic E-state index is -0.363. The maximum Gasteiger partial charge on any atom is 0.104 e. The fourth-order valence-electron chi connectivity index (χ4n) is 2.29. The Morgan fingerprint density at radius 1 is 1.37 bits per heavy atom. The van der Waals surface area contributed by atoms with E-state index in [0.29, 0.717) is 6.42 Å². The standard InChI is InChI=1S/C14H20IN3O/c1-10-7-12(9-11(2)19)14(13(15)8-10)16-17-18-5-3-4-6-18/h7-8,11,19H,3-6,9H2,1-2H3. The number of nitrogens with zero attached hydrogens (tertiary/aromatic N) is 3. The smallest absolute Gasteiger partial charge is 0.104 e. The monoisotopic (exact) mass is 373 g/mol. The molecular weight excluding hydrogens is 353 g/mol. The normalized spacial score (nSPS) is 17.4. The molecule has 0 amide bonds. The van der Waals surface area contributed by atoms with Crippen molar-refractivity contribution in [2.75, 3.05) is 13.1 Å². The van der Waals surface area contributed by atoms with Crippen LogP contribution >= 0.6 is 22.6 Å². The lowest BCUT2D eigenvalue weighted by Crippen LogP contribution is -2.10. The van der Waals surface area contributed by atoms with Crippen LogP contribution in [0.1, 0.15) is 30.9 Å². The van der Waals surface area contributed by atoms with Gasteiger partial charge in [-0.3, -0.25) is 5.01 Å². The Labute approximate surface area is 128 Å². The summed E-state index contributed by atoms with van der Waals surface area (Å²) in [4.78, 5) is 0. The molecule has 2 rings (SSSR count). The average molecular weight is 373 g/mol. The van der Waals surface area contributed by atoms with Crippen molar-refractivity contribution in [1.82, 2.24) is 5.01 Å². The van der Waals surface area contributed by atoms with Crippen LogP contribution in [0.5, 0.6) is 0 Å². The Hall–Kier alpha value is -0.690. The number of hydrogen-bond acceptors (Lipinski definition) is 3. The molecule has 1 aromatic carbocycles. The third-order valence-corrected chi connectivity index (χ3v) is 3.98. The molecule has 1 saturated heterocycles. The molecule has 1 N–H and O–H groups in total. The third kappa shape index (κ3) is 4.14. The van der Waals surface area contributed by atoms with Crippen molar-refractivity contribution in [2.45, 2.75) is 39.2 Å². The molecule has 0 aliphatic carbocycles. The van der Waals surface area contributed by atoms with Crippen LogP contribution < -0.4 is 0 Å². The lowest BCUT2D eigenvalue weighted by molar-refractivity contribution is 0.195. The van der Waals surface area contributed by atoms with Gasteiger partial charge in [0.1, 0.15) is 5.69 Å². The van der Waals surface area contributed by atoms with Crippen LogP contribution in [0.2, 0.25) is 0 Å². The molecule has 1 heterocycles. The van der Waals surface area contributed by atoms with E-state index in [1.54, 1.807) is 6.92 Å². The molecule has 1 aliphatic rings. The summed E-state index contributed by atoms with van der Waals surface area (Å²) in [7, 11) is 0. The van der Waals surface area contributed by atoms with Gasteiger partial charge in [0.25, 0.3) is 0 Å². The first-order valence-electron chi connectivity index (χ1n) is 6.70. The maximum absolute atomic E-state index is 9.61. The Bertz CT molecular complexity index is 468. The first-order valence-corrected chi connectivity index (χ1v) is 7.78. The van der Waals surface area contributed by atoms with E-state index in [2.05, 4.69) is 52.0 Å². The van der Waals surface area contributed by atoms with Gasteiger partial charge in [-0.15, -0.1) is 5.11 Å². The van der Waals surface area contributed by atoms with Crippen molar-refractivity contribution in [1.29, 1.82) is 0 Å². The van der Waals surface area contributed by atoms with Gasteiger partial charge in [0.15, 0.2) is 0 Å². The first kappa shape index (κ1) is 14.7. The molecule has 1 unspecified atom stereocenters. The molecule has 1 fully saturated rings. The summed E-state index contributed by atoms with van der Waals surface area (Å²) in [6, 6.07) is 4.19. The van der Waals surface area contributed by atoms with Gasteiger partial charge in [-0.05, 0) is 66.5 Å². The summed E-state index contributed by atoms with van der Waals surface area (Å²) in [5, 5.41) is 20.4. The molecule has 1 aromatic rings. The van der Waals surface area contributed by atoms with E-state index < -0.39 is 0 Å². The largest absolute Gasteiger partial charge is 0.393 e. The Morgan fingerprint density at radius 3 is 2.68 bits per heavy atom. The van der Waals surface area contributed by atoms with Crippen LogP contribution in [0.15, 0.2) is 22.5 Å². The zero-order chi connectivity index (χ0) is 13.8. The zero-order valence-corrected chi connectivity index (χ0v) is 13.6. The van der Waals surface area contributed by atoms with Gasteiger partial charge < -0.3 is 5.11 Å². The van der Waals surface area contributed by atoms with Crippen LogP contribution in [0, 0.1) is 10.5 Å². The van der Waals surface area contributed by atoms with Gasteiger partial charge in [-0.1, -0.05) is 11.3 Å². The molecule has 0 saturated carbocycles. The summed E-state index contributed by atoms with van der Waals surface area (Å²) < 4.78 is 1.09. The minimum absolute atomic E-state index is 0.363. The topological polar surface area (TPSA) is 48.2 Å². The lowest BCUT2D eigenvalue weighted by atomic mass is 10.0. The molecule has 104 valence electrons. The zero-order valence-electron chi connectivity index (χ0n) is 11.4. The van der Waals surface area contributed by atoms with Gasteiger partial charge in [0, 0.05) is 23.1 Å². The quantitative estimate of drug-likeness (QED) is 0.648. The Morgan fingerprint density at radius 2 is 2.05 bits per heavy atom. The van der Waals surface area contributed by atoms with Gasteiger partial charge in [0.05, 0.1) is 6.10 Å². The van der Waals surface area contributed by atoms with E-state index in [-0.39, 0.29) is 6.10 Å². The van der Waals surface area contributed by atoms with Gasteiger partial charge >= 0.3 is 0 Å². The second-order valence-electron chi connectivity index (χ2n) is 5.16. The van der Waals surface area contributed by atoms with E-state index in [9.17, 15) is 5.11 Å². The van der Waals surface area contributed by atoms with E-state index in [1.807, 2.05) is 5.01 Å². The molecule has 0 radical (unpaired) electrons. The van der Waals surface area contributed by atoms with Gasteiger partial charge in [-0.25, -0.2) is 0 Å². The highest BCUT2D eigenvalue weighted by molar-refractivity contribution is 14.1. The van der Waals surface area contributed by atoms with Crippen molar-refractivity contribution in [3.8, 4) is 0 Å². The number of aryl methyl sites for hydroxylation is 1. The number of aliphatic hydroxyl groups excluding tert-OH is 1. The van der Waals surface area contributed by atoms with Crippen LogP contribution in [0.3, 0.4) is 0 Å². The highest BCUT2D eigenvalue weighted by Crippen LogP contribution is 2.29. The van der Waals surface area contributed by atoms with Crippen molar-refractivity contribution >= 4 is 28.3 Å². The number of aliphatic hydroxyl groups is 1. The van der Waals surface area contributed by atoms with E-state index in [1.165, 1.54) is 18.4 Å². The average Bonchev–Trinajstić information content (AvgIpc) is 2.79. The molecule has 1 aliphatic heterocycles. The molecule has 4 nitrogen and oxygen atoms in total. The molecule has 1 atom stereocenters. The Balaban J connectivity index is 2.25. The third-order valence-electron chi connectivity index (χ3n) is 3.16. The van der Waals surface area contributed by atoms with Crippen LogP contribution in [0.4, 0.5) is 5.69 Å². The van der Waals surface area contributed by atoms with Gasteiger partial charge in [-0.2, -0.15) is 0 Å². The van der Waals surface area contributed by atoms with Crippen LogP contribution in [-0.2, 0) is 6.42 Å². The van der Waals surface area contributed by atoms with Crippen molar-refractivity contribution in [3.05, 3.63) is 26.8 Å². The number of hydrogen-bond donors (Lipinski definition) is 1. The van der Waals surface area contributed by atoms with E-state index in [0.717, 1.165) is 27.9 Å². The lowest BCUT2D eigenvalue weighted by Gasteiger charge is -2.12.